The Morgan fingerprint density at radius 2 is 1.62 bits per heavy atom. The molecule has 1 aliphatic heterocycles. The molecular formula is C10H17NO2. The summed E-state index contributed by atoms with van der Waals surface area (Å²) in [6.07, 6.45) is 3.74. The Hall–Kier alpha value is -1.12. The van der Waals surface area contributed by atoms with Gasteiger partial charge in [0.25, 0.3) is 0 Å². The van der Waals surface area contributed by atoms with Gasteiger partial charge in [0, 0.05) is 12.4 Å². The third-order valence-electron chi connectivity index (χ3n) is 1.93. The van der Waals surface area contributed by atoms with Gasteiger partial charge in [0.05, 0.1) is 19.1 Å². The molecule has 0 saturated carbocycles. The van der Waals surface area contributed by atoms with Crippen molar-refractivity contribution < 1.29 is 9.47 Å². The fourth-order valence-electron chi connectivity index (χ4n) is 1.26. The summed E-state index contributed by atoms with van der Waals surface area (Å²) < 4.78 is 10.9. The number of hydrogen-bond acceptors (Lipinski definition) is 3. The van der Waals surface area contributed by atoms with Crippen molar-refractivity contribution >= 4 is 0 Å². The van der Waals surface area contributed by atoms with E-state index < -0.39 is 0 Å². The molecule has 1 rings (SSSR count). The molecule has 3 nitrogen and oxygen atoms in total. The molecule has 0 aromatic rings. The van der Waals surface area contributed by atoms with Crippen LogP contribution in [-0.2, 0) is 9.47 Å². The van der Waals surface area contributed by atoms with Gasteiger partial charge in [0.2, 0.25) is 0 Å². The predicted octanol–water partition coefficient (Wildman–Crippen LogP) is 1.98. The van der Waals surface area contributed by atoms with E-state index in [1.165, 1.54) is 0 Å². The van der Waals surface area contributed by atoms with Crippen LogP contribution < -0.4 is 5.32 Å². The Balaban J connectivity index is 2.57. The van der Waals surface area contributed by atoms with Gasteiger partial charge >= 0.3 is 0 Å². The molecule has 3 heteroatoms. The minimum Gasteiger partial charge on any atom is -0.496 e. The average molecular weight is 183 g/mol. The quantitative estimate of drug-likeness (QED) is 0.723. The molecule has 0 spiro atoms. The molecule has 0 amide bonds. The Kier molecular flexibility index (Phi) is 3.68. The highest BCUT2D eigenvalue weighted by molar-refractivity contribution is 5.16. The zero-order valence-corrected chi connectivity index (χ0v) is 8.46. The molecule has 74 valence electrons. The zero-order valence-electron chi connectivity index (χ0n) is 8.46. The number of hydrogen-bond donors (Lipinski definition) is 1. The first-order valence-electron chi connectivity index (χ1n) is 4.71. The van der Waals surface area contributed by atoms with E-state index in [1.807, 2.05) is 26.2 Å². The molecule has 0 atom stereocenters. The largest absolute Gasteiger partial charge is 0.496 e. The Morgan fingerprint density at radius 1 is 1.15 bits per heavy atom. The predicted molar refractivity (Wildman–Crippen MR) is 51.7 cm³/mol. The van der Waals surface area contributed by atoms with Crippen LogP contribution in [-0.4, -0.2) is 13.2 Å². The summed E-state index contributed by atoms with van der Waals surface area (Å²) in [7, 11) is 0. The second-order valence-corrected chi connectivity index (χ2v) is 2.85. The number of nitrogens with one attached hydrogen (secondary N) is 1. The minimum absolute atomic E-state index is 0.223. The molecule has 0 unspecified atom stereocenters. The lowest BCUT2D eigenvalue weighted by Crippen LogP contribution is -2.18. The van der Waals surface area contributed by atoms with Crippen LogP contribution >= 0.6 is 0 Å². The van der Waals surface area contributed by atoms with Crippen LogP contribution in [0, 0.1) is 5.92 Å². The SMILES string of the molecule is CCOC1=CNC=C(OCC)C1C. The van der Waals surface area contributed by atoms with Gasteiger partial charge in [0.1, 0.15) is 11.5 Å². The van der Waals surface area contributed by atoms with Crippen LogP contribution in [0.25, 0.3) is 0 Å². The van der Waals surface area contributed by atoms with Gasteiger partial charge in [-0.05, 0) is 20.8 Å². The lowest BCUT2D eigenvalue weighted by atomic mass is 10.1. The molecule has 13 heavy (non-hydrogen) atoms. The van der Waals surface area contributed by atoms with Crippen LogP contribution in [0.2, 0.25) is 0 Å². The summed E-state index contributed by atoms with van der Waals surface area (Å²) >= 11 is 0. The van der Waals surface area contributed by atoms with Crippen LogP contribution in [0.3, 0.4) is 0 Å². The van der Waals surface area contributed by atoms with Gasteiger partial charge in [-0.3, -0.25) is 0 Å². The van der Waals surface area contributed by atoms with E-state index in [4.69, 9.17) is 9.47 Å². The van der Waals surface area contributed by atoms with Crippen LogP contribution in [0.4, 0.5) is 0 Å². The smallest absolute Gasteiger partial charge is 0.122 e. The average Bonchev–Trinajstić information content (AvgIpc) is 2.13. The van der Waals surface area contributed by atoms with Gasteiger partial charge in [-0.15, -0.1) is 0 Å². The molecule has 0 aromatic heterocycles. The van der Waals surface area contributed by atoms with Crippen molar-refractivity contribution in [1.82, 2.24) is 5.32 Å². The van der Waals surface area contributed by atoms with Gasteiger partial charge in [0.15, 0.2) is 0 Å². The molecule has 0 fully saturated rings. The molecule has 1 N–H and O–H groups in total. The van der Waals surface area contributed by atoms with Crippen molar-refractivity contribution in [2.24, 2.45) is 5.92 Å². The van der Waals surface area contributed by atoms with Gasteiger partial charge in [-0.2, -0.15) is 0 Å². The van der Waals surface area contributed by atoms with Crippen LogP contribution in [0.15, 0.2) is 23.9 Å². The van der Waals surface area contributed by atoms with Crippen molar-refractivity contribution in [2.75, 3.05) is 13.2 Å². The summed E-state index contributed by atoms with van der Waals surface area (Å²) in [6.45, 7) is 7.41. The topological polar surface area (TPSA) is 30.5 Å². The van der Waals surface area contributed by atoms with Crippen molar-refractivity contribution in [3.8, 4) is 0 Å². The fourth-order valence-corrected chi connectivity index (χ4v) is 1.26. The number of dihydropyridines is 1. The van der Waals surface area contributed by atoms with E-state index in [2.05, 4.69) is 12.2 Å². The number of rotatable bonds is 4. The van der Waals surface area contributed by atoms with Crippen molar-refractivity contribution in [2.45, 2.75) is 20.8 Å². The van der Waals surface area contributed by atoms with Crippen LogP contribution in [0.5, 0.6) is 0 Å². The highest BCUT2D eigenvalue weighted by Gasteiger charge is 2.19. The van der Waals surface area contributed by atoms with E-state index in [0.29, 0.717) is 13.2 Å². The molecular weight excluding hydrogens is 166 g/mol. The van der Waals surface area contributed by atoms with Crippen molar-refractivity contribution in [1.29, 1.82) is 0 Å². The molecule has 1 heterocycles. The molecule has 0 saturated heterocycles. The molecule has 0 aromatic carbocycles. The summed E-state index contributed by atoms with van der Waals surface area (Å²) in [5, 5.41) is 3.01. The number of ether oxygens (including phenoxy) is 2. The van der Waals surface area contributed by atoms with Gasteiger partial charge < -0.3 is 14.8 Å². The minimum atomic E-state index is 0.223. The summed E-state index contributed by atoms with van der Waals surface area (Å²) in [5.41, 5.74) is 0. The van der Waals surface area contributed by atoms with E-state index >= 15 is 0 Å². The van der Waals surface area contributed by atoms with E-state index in [1.54, 1.807) is 0 Å². The molecule has 0 aliphatic carbocycles. The second kappa shape index (κ2) is 4.80. The summed E-state index contributed by atoms with van der Waals surface area (Å²) in [5.74, 6) is 2.10. The Bertz CT molecular complexity index is 199. The zero-order chi connectivity index (χ0) is 9.68. The van der Waals surface area contributed by atoms with Gasteiger partial charge in [-0.25, -0.2) is 0 Å². The van der Waals surface area contributed by atoms with Gasteiger partial charge in [-0.1, -0.05) is 0 Å². The third-order valence-corrected chi connectivity index (χ3v) is 1.93. The standard InChI is InChI=1S/C10H17NO2/c1-4-12-9-6-11-7-10(8(9)3)13-5-2/h6-8,11H,4-5H2,1-3H3. The highest BCUT2D eigenvalue weighted by Crippen LogP contribution is 2.23. The fraction of sp³-hybridized carbons (Fsp3) is 0.600. The maximum absolute atomic E-state index is 5.45. The second-order valence-electron chi connectivity index (χ2n) is 2.85. The monoisotopic (exact) mass is 183 g/mol. The van der Waals surface area contributed by atoms with Crippen LogP contribution in [0.1, 0.15) is 20.8 Å². The lowest BCUT2D eigenvalue weighted by molar-refractivity contribution is 0.147. The summed E-state index contributed by atoms with van der Waals surface area (Å²) in [6, 6.07) is 0. The normalized spacial score (nSPS) is 17.2. The Labute approximate surface area is 79.4 Å². The molecule has 1 aliphatic rings. The third kappa shape index (κ3) is 2.41. The summed E-state index contributed by atoms with van der Waals surface area (Å²) in [4.78, 5) is 0. The Morgan fingerprint density at radius 3 is 2.00 bits per heavy atom. The maximum atomic E-state index is 5.45. The van der Waals surface area contributed by atoms with Crippen molar-refractivity contribution in [3.63, 3.8) is 0 Å². The highest BCUT2D eigenvalue weighted by atomic mass is 16.5. The maximum Gasteiger partial charge on any atom is 0.122 e. The van der Waals surface area contributed by atoms with E-state index in [-0.39, 0.29) is 5.92 Å². The van der Waals surface area contributed by atoms with E-state index in [9.17, 15) is 0 Å². The molecule has 0 bridgehead atoms. The van der Waals surface area contributed by atoms with Crippen molar-refractivity contribution in [3.05, 3.63) is 23.9 Å². The first-order chi connectivity index (χ1) is 6.29. The first kappa shape index (κ1) is 9.96. The molecule has 0 radical (unpaired) electrons. The first-order valence-corrected chi connectivity index (χ1v) is 4.71. The lowest BCUT2D eigenvalue weighted by Gasteiger charge is -2.22. The van der Waals surface area contributed by atoms with E-state index in [0.717, 1.165) is 11.5 Å².